The second kappa shape index (κ2) is 7.32. The number of pyridine rings is 1. The van der Waals surface area contributed by atoms with Crippen molar-refractivity contribution in [2.45, 2.75) is 36.4 Å². The van der Waals surface area contributed by atoms with Crippen LogP contribution in [0.1, 0.15) is 19.4 Å². The highest BCUT2D eigenvalue weighted by Crippen LogP contribution is 2.31. The average Bonchev–Trinajstić information content (AvgIpc) is 2.40. The van der Waals surface area contributed by atoms with Gasteiger partial charge >= 0.3 is 0 Å². The molecule has 1 aromatic carbocycles. The Hall–Kier alpha value is -0.740. The summed E-state index contributed by atoms with van der Waals surface area (Å²) in [5.74, 6) is 0. The van der Waals surface area contributed by atoms with Crippen molar-refractivity contribution in [3.05, 3.63) is 52.1 Å². The number of benzene rings is 1. The highest BCUT2D eigenvalue weighted by atomic mass is 35.5. The van der Waals surface area contributed by atoms with Gasteiger partial charge in [0.2, 0.25) is 0 Å². The van der Waals surface area contributed by atoms with Gasteiger partial charge < -0.3 is 5.32 Å². The Balaban J connectivity index is 2.20. The van der Waals surface area contributed by atoms with Crippen LogP contribution >= 0.6 is 35.0 Å². The number of nitrogens with zero attached hydrogens (tertiary/aromatic N) is 1. The summed E-state index contributed by atoms with van der Waals surface area (Å²) in [6, 6.07) is 10.1. The standard InChI is InChI=1S/C15H16Cl2N2S/c1-10(2)18-8-11-3-4-12(16)7-14(11)20-15-6-5-13(17)9-19-15/h3-7,9-10,18H,8H2,1-2H3. The van der Waals surface area contributed by atoms with Gasteiger partial charge in [-0.1, -0.05) is 54.9 Å². The van der Waals surface area contributed by atoms with Gasteiger partial charge in [-0.15, -0.1) is 0 Å². The van der Waals surface area contributed by atoms with Gasteiger partial charge in [0.15, 0.2) is 0 Å². The van der Waals surface area contributed by atoms with Crippen LogP contribution < -0.4 is 5.32 Å². The molecule has 0 amide bonds. The smallest absolute Gasteiger partial charge is 0.101 e. The lowest BCUT2D eigenvalue weighted by atomic mass is 10.2. The fourth-order valence-electron chi connectivity index (χ4n) is 1.62. The molecule has 106 valence electrons. The second-order valence-electron chi connectivity index (χ2n) is 4.70. The Labute approximate surface area is 133 Å². The zero-order chi connectivity index (χ0) is 14.5. The minimum absolute atomic E-state index is 0.442. The van der Waals surface area contributed by atoms with E-state index in [0.717, 1.165) is 21.5 Å². The topological polar surface area (TPSA) is 24.9 Å². The molecule has 0 spiro atoms. The molecule has 1 aromatic heterocycles. The first kappa shape index (κ1) is 15.6. The van der Waals surface area contributed by atoms with Gasteiger partial charge in [-0.25, -0.2) is 4.98 Å². The molecule has 0 unspecified atom stereocenters. The van der Waals surface area contributed by atoms with E-state index in [-0.39, 0.29) is 0 Å². The van der Waals surface area contributed by atoms with E-state index in [1.165, 1.54) is 5.56 Å². The van der Waals surface area contributed by atoms with Crippen LogP contribution in [0.5, 0.6) is 0 Å². The van der Waals surface area contributed by atoms with Crippen molar-refractivity contribution in [1.82, 2.24) is 10.3 Å². The molecule has 2 rings (SSSR count). The summed E-state index contributed by atoms with van der Waals surface area (Å²) in [7, 11) is 0. The van der Waals surface area contributed by atoms with Crippen LogP contribution in [0.4, 0.5) is 0 Å². The van der Waals surface area contributed by atoms with Crippen LogP contribution in [0.3, 0.4) is 0 Å². The monoisotopic (exact) mass is 326 g/mol. The van der Waals surface area contributed by atoms with E-state index in [4.69, 9.17) is 23.2 Å². The van der Waals surface area contributed by atoms with Gasteiger partial charge in [-0.05, 0) is 29.8 Å². The second-order valence-corrected chi connectivity index (χ2v) is 6.64. The lowest BCUT2D eigenvalue weighted by Gasteiger charge is -2.12. The van der Waals surface area contributed by atoms with Gasteiger partial charge in [0.1, 0.15) is 5.03 Å². The molecule has 1 heterocycles. The molecule has 2 aromatic rings. The van der Waals surface area contributed by atoms with Crippen molar-refractivity contribution >= 4 is 35.0 Å². The minimum Gasteiger partial charge on any atom is -0.310 e. The fourth-order valence-corrected chi connectivity index (χ4v) is 2.89. The molecule has 0 aliphatic heterocycles. The Morgan fingerprint density at radius 2 is 1.90 bits per heavy atom. The van der Waals surface area contributed by atoms with Gasteiger partial charge in [0, 0.05) is 28.7 Å². The molecule has 1 N–H and O–H groups in total. The number of halogens is 2. The summed E-state index contributed by atoms with van der Waals surface area (Å²) < 4.78 is 0. The van der Waals surface area contributed by atoms with Crippen LogP contribution in [-0.4, -0.2) is 11.0 Å². The van der Waals surface area contributed by atoms with Crippen LogP contribution in [0.15, 0.2) is 46.5 Å². The minimum atomic E-state index is 0.442. The average molecular weight is 327 g/mol. The summed E-state index contributed by atoms with van der Waals surface area (Å²) >= 11 is 13.5. The van der Waals surface area contributed by atoms with Crippen LogP contribution in [0.25, 0.3) is 0 Å². The fraction of sp³-hybridized carbons (Fsp3) is 0.267. The number of aromatic nitrogens is 1. The Morgan fingerprint density at radius 1 is 1.15 bits per heavy atom. The molecule has 5 heteroatoms. The van der Waals surface area contributed by atoms with Gasteiger partial charge in [0.05, 0.1) is 5.02 Å². The van der Waals surface area contributed by atoms with E-state index in [9.17, 15) is 0 Å². The molecule has 0 fully saturated rings. The van der Waals surface area contributed by atoms with Crippen molar-refractivity contribution in [1.29, 1.82) is 0 Å². The van der Waals surface area contributed by atoms with Gasteiger partial charge in [-0.2, -0.15) is 0 Å². The number of hydrogen-bond donors (Lipinski definition) is 1. The molecule has 0 aliphatic carbocycles. The van der Waals surface area contributed by atoms with Gasteiger partial charge in [-0.3, -0.25) is 0 Å². The predicted molar refractivity (Wildman–Crippen MR) is 86.8 cm³/mol. The first-order valence-electron chi connectivity index (χ1n) is 6.36. The predicted octanol–water partition coefficient (Wildman–Crippen LogP) is 5.04. The van der Waals surface area contributed by atoms with Crippen molar-refractivity contribution in [3.63, 3.8) is 0 Å². The summed E-state index contributed by atoms with van der Waals surface area (Å²) in [5, 5.41) is 5.70. The first-order valence-corrected chi connectivity index (χ1v) is 7.93. The molecule has 0 bridgehead atoms. The quantitative estimate of drug-likeness (QED) is 0.833. The van der Waals surface area contributed by atoms with Crippen molar-refractivity contribution in [2.24, 2.45) is 0 Å². The Kier molecular flexibility index (Phi) is 5.73. The summed E-state index contributed by atoms with van der Waals surface area (Å²) in [4.78, 5) is 5.42. The van der Waals surface area contributed by atoms with Crippen molar-refractivity contribution in [2.75, 3.05) is 0 Å². The SMILES string of the molecule is CC(C)NCc1ccc(Cl)cc1Sc1ccc(Cl)cn1. The summed E-state index contributed by atoms with van der Waals surface area (Å²) in [6.07, 6.45) is 1.65. The molecule has 20 heavy (non-hydrogen) atoms. The van der Waals surface area contributed by atoms with Crippen LogP contribution in [-0.2, 0) is 6.54 Å². The normalized spacial score (nSPS) is 11.1. The molecule has 2 nitrogen and oxygen atoms in total. The van der Waals surface area contributed by atoms with E-state index >= 15 is 0 Å². The lowest BCUT2D eigenvalue weighted by molar-refractivity contribution is 0.585. The van der Waals surface area contributed by atoms with Crippen LogP contribution in [0, 0.1) is 0 Å². The zero-order valence-corrected chi connectivity index (χ0v) is 13.7. The molecule has 0 aliphatic rings. The van der Waals surface area contributed by atoms with E-state index in [1.807, 2.05) is 24.3 Å². The third-order valence-electron chi connectivity index (χ3n) is 2.64. The molecule has 0 saturated heterocycles. The Morgan fingerprint density at radius 3 is 2.55 bits per heavy atom. The van der Waals surface area contributed by atoms with Crippen molar-refractivity contribution < 1.29 is 0 Å². The largest absolute Gasteiger partial charge is 0.310 e. The van der Waals surface area contributed by atoms with Gasteiger partial charge in [0.25, 0.3) is 0 Å². The molecule has 0 radical (unpaired) electrons. The van der Waals surface area contributed by atoms with Crippen LogP contribution in [0.2, 0.25) is 10.0 Å². The van der Waals surface area contributed by atoms with E-state index in [2.05, 4.69) is 30.2 Å². The molecule has 0 atom stereocenters. The maximum absolute atomic E-state index is 6.10. The first-order chi connectivity index (χ1) is 9.54. The lowest BCUT2D eigenvalue weighted by Crippen LogP contribution is -2.22. The summed E-state index contributed by atoms with van der Waals surface area (Å²) in [6.45, 7) is 5.07. The highest BCUT2D eigenvalue weighted by molar-refractivity contribution is 7.99. The van der Waals surface area contributed by atoms with E-state index < -0.39 is 0 Å². The maximum atomic E-state index is 6.10. The molecule has 0 saturated carbocycles. The summed E-state index contributed by atoms with van der Waals surface area (Å²) in [5.41, 5.74) is 1.21. The highest BCUT2D eigenvalue weighted by Gasteiger charge is 2.07. The van der Waals surface area contributed by atoms with Crippen molar-refractivity contribution in [3.8, 4) is 0 Å². The Bertz CT molecular complexity index is 571. The third-order valence-corrected chi connectivity index (χ3v) is 4.15. The van der Waals surface area contributed by atoms with E-state index in [1.54, 1.807) is 18.0 Å². The number of hydrogen-bond acceptors (Lipinski definition) is 3. The number of nitrogens with one attached hydrogen (secondary N) is 1. The number of rotatable bonds is 5. The van der Waals surface area contributed by atoms with E-state index in [0.29, 0.717) is 11.1 Å². The molecular weight excluding hydrogens is 311 g/mol. The molecular formula is C15H16Cl2N2S. The maximum Gasteiger partial charge on any atom is 0.101 e. The zero-order valence-electron chi connectivity index (χ0n) is 11.4. The third kappa shape index (κ3) is 4.67.